The van der Waals surface area contributed by atoms with Gasteiger partial charge in [-0.05, 0) is 26.4 Å². The Bertz CT molecular complexity index is 181. The number of nitrogens with two attached hydrogens (primary N) is 1. The smallest absolute Gasteiger partial charge is 0.109 e. The van der Waals surface area contributed by atoms with Gasteiger partial charge in [0, 0.05) is 5.92 Å². The Hall–Kier alpha value is -0.560. The van der Waals surface area contributed by atoms with Gasteiger partial charge in [0.25, 0.3) is 0 Å². The predicted octanol–water partition coefficient (Wildman–Crippen LogP) is 0.947. The summed E-state index contributed by atoms with van der Waals surface area (Å²) in [6.07, 6.45) is 1.74. The summed E-state index contributed by atoms with van der Waals surface area (Å²) in [7, 11) is 1.93. The molecular weight excluding hydrogens is 176 g/mol. The van der Waals surface area contributed by atoms with Gasteiger partial charge in [0.2, 0.25) is 0 Å². The predicted molar refractivity (Wildman–Crippen MR) is 59.7 cm³/mol. The highest BCUT2D eigenvalue weighted by atomic mass is 16.5. The van der Waals surface area contributed by atoms with Crippen LogP contribution in [0.15, 0.2) is 0 Å². The number of hydrogen-bond acceptors (Lipinski definition) is 3. The van der Waals surface area contributed by atoms with Gasteiger partial charge in [0.1, 0.15) is 12.8 Å². The Morgan fingerprint density at radius 1 is 1.43 bits per heavy atom. The highest BCUT2D eigenvalue weighted by molar-refractivity contribution is 5.01. The zero-order valence-electron chi connectivity index (χ0n) is 9.47. The maximum Gasteiger partial charge on any atom is 0.109 e. The Balaban J connectivity index is 3.36. The first-order valence-corrected chi connectivity index (χ1v) is 5.17. The van der Waals surface area contributed by atoms with Crippen molar-refractivity contribution >= 4 is 0 Å². The molecule has 1 atom stereocenters. The first-order valence-electron chi connectivity index (χ1n) is 5.17. The second kappa shape index (κ2) is 9.01. The normalized spacial score (nSPS) is 12.4. The summed E-state index contributed by atoms with van der Waals surface area (Å²) in [4.78, 5) is 0. The van der Waals surface area contributed by atoms with Gasteiger partial charge in [-0.2, -0.15) is 0 Å². The molecule has 14 heavy (non-hydrogen) atoms. The molecule has 3 N–H and O–H groups in total. The molecule has 82 valence electrons. The van der Waals surface area contributed by atoms with E-state index in [1.54, 1.807) is 0 Å². The van der Waals surface area contributed by atoms with Crippen LogP contribution in [-0.4, -0.2) is 26.4 Å². The van der Waals surface area contributed by atoms with E-state index in [0.717, 1.165) is 19.4 Å². The van der Waals surface area contributed by atoms with Gasteiger partial charge >= 0.3 is 0 Å². The minimum Gasteiger partial charge on any atom is -0.351 e. The lowest BCUT2D eigenvalue weighted by molar-refractivity contribution is 0.0749. The summed E-state index contributed by atoms with van der Waals surface area (Å²) in [6, 6.07) is 0. The summed E-state index contributed by atoms with van der Waals surface area (Å²) >= 11 is 0. The topological polar surface area (TPSA) is 47.3 Å². The van der Waals surface area contributed by atoms with Crippen LogP contribution in [0.2, 0.25) is 0 Å². The standard InChI is InChI=1S/C11H22N2O/c1-10(2)6-5-9-14-11(12)7-4-8-13-3/h10-11,13H,4,7-9,12H2,1-3H3. The van der Waals surface area contributed by atoms with Crippen LogP contribution >= 0.6 is 0 Å². The fraction of sp³-hybridized carbons (Fsp3) is 0.818. The van der Waals surface area contributed by atoms with Gasteiger partial charge in [-0.25, -0.2) is 0 Å². The van der Waals surface area contributed by atoms with Crippen molar-refractivity contribution in [1.29, 1.82) is 0 Å². The van der Waals surface area contributed by atoms with Gasteiger partial charge in [0.15, 0.2) is 0 Å². The molecule has 0 saturated carbocycles. The van der Waals surface area contributed by atoms with Gasteiger partial charge in [-0.3, -0.25) is 0 Å². The van der Waals surface area contributed by atoms with Crippen molar-refractivity contribution in [3.8, 4) is 11.8 Å². The lowest BCUT2D eigenvalue weighted by Crippen LogP contribution is -2.25. The molecule has 0 amide bonds. The van der Waals surface area contributed by atoms with Gasteiger partial charge in [-0.1, -0.05) is 25.7 Å². The molecule has 0 rings (SSSR count). The van der Waals surface area contributed by atoms with E-state index in [-0.39, 0.29) is 6.23 Å². The Morgan fingerprint density at radius 2 is 2.14 bits per heavy atom. The van der Waals surface area contributed by atoms with Crippen LogP contribution < -0.4 is 11.1 Å². The van der Waals surface area contributed by atoms with E-state index >= 15 is 0 Å². The van der Waals surface area contributed by atoms with Gasteiger partial charge < -0.3 is 15.8 Å². The minimum absolute atomic E-state index is 0.176. The zero-order chi connectivity index (χ0) is 10.8. The van der Waals surface area contributed by atoms with E-state index in [1.807, 2.05) is 7.05 Å². The molecule has 3 heteroatoms. The third-order valence-electron chi connectivity index (χ3n) is 1.68. The van der Waals surface area contributed by atoms with Crippen LogP contribution in [0, 0.1) is 17.8 Å². The van der Waals surface area contributed by atoms with Crippen LogP contribution in [0.3, 0.4) is 0 Å². The van der Waals surface area contributed by atoms with Crippen LogP contribution in [0.4, 0.5) is 0 Å². The molecule has 1 unspecified atom stereocenters. The molecule has 0 spiro atoms. The van der Waals surface area contributed by atoms with Crippen LogP contribution in [0.25, 0.3) is 0 Å². The maximum atomic E-state index is 5.71. The van der Waals surface area contributed by atoms with E-state index in [9.17, 15) is 0 Å². The molecule has 0 bridgehead atoms. The first-order chi connectivity index (χ1) is 6.66. The molecule has 0 heterocycles. The quantitative estimate of drug-likeness (QED) is 0.379. The second-order valence-electron chi connectivity index (χ2n) is 3.57. The number of hydrogen-bond donors (Lipinski definition) is 2. The largest absolute Gasteiger partial charge is 0.351 e. The monoisotopic (exact) mass is 198 g/mol. The molecule has 0 saturated heterocycles. The third-order valence-corrected chi connectivity index (χ3v) is 1.68. The summed E-state index contributed by atoms with van der Waals surface area (Å²) < 4.78 is 5.32. The number of nitrogens with one attached hydrogen (secondary N) is 1. The highest BCUT2D eigenvalue weighted by Gasteiger charge is 1.99. The molecule has 0 fully saturated rings. The molecule has 0 aromatic carbocycles. The van der Waals surface area contributed by atoms with Gasteiger partial charge in [-0.15, -0.1) is 0 Å². The molecule has 0 aliphatic rings. The summed E-state index contributed by atoms with van der Waals surface area (Å²) in [5.41, 5.74) is 5.71. The van der Waals surface area contributed by atoms with Crippen LogP contribution in [0.5, 0.6) is 0 Å². The average Bonchev–Trinajstić information content (AvgIpc) is 2.13. The van der Waals surface area contributed by atoms with Crippen molar-refractivity contribution in [3.63, 3.8) is 0 Å². The molecular formula is C11H22N2O. The fourth-order valence-electron chi connectivity index (χ4n) is 0.958. The first kappa shape index (κ1) is 13.4. The van der Waals surface area contributed by atoms with Crippen molar-refractivity contribution in [2.24, 2.45) is 11.7 Å². The van der Waals surface area contributed by atoms with Gasteiger partial charge in [0.05, 0.1) is 0 Å². The molecule has 0 radical (unpaired) electrons. The zero-order valence-corrected chi connectivity index (χ0v) is 9.47. The fourth-order valence-corrected chi connectivity index (χ4v) is 0.958. The Labute approximate surface area is 87.4 Å². The van der Waals surface area contributed by atoms with Crippen LogP contribution in [-0.2, 0) is 4.74 Å². The van der Waals surface area contributed by atoms with Crippen molar-refractivity contribution < 1.29 is 4.74 Å². The summed E-state index contributed by atoms with van der Waals surface area (Å²) in [5, 5.41) is 3.07. The maximum absolute atomic E-state index is 5.71. The van der Waals surface area contributed by atoms with E-state index < -0.39 is 0 Å². The highest BCUT2D eigenvalue weighted by Crippen LogP contribution is 1.94. The SMILES string of the molecule is CNCCCC(N)OCC#CC(C)C. The second-order valence-corrected chi connectivity index (χ2v) is 3.57. The van der Waals surface area contributed by atoms with Crippen molar-refractivity contribution in [1.82, 2.24) is 5.32 Å². The lowest BCUT2D eigenvalue weighted by Gasteiger charge is -2.10. The Morgan fingerprint density at radius 3 is 2.71 bits per heavy atom. The Kier molecular flexibility index (Phi) is 8.65. The van der Waals surface area contributed by atoms with E-state index in [1.165, 1.54) is 0 Å². The minimum atomic E-state index is -0.176. The van der Waals surface area contributed by atoms with Crippen molar-refractivity contribution in [2.75, 3.05) is 20.2 Å². The number of ether oxygens (including phenoxy) is 1. The summed E-state index contributed by atoms with van der Waals surface area (Å²) in [5.74, 6) is 6.37. The third kappa shape index (κ3) is 9.53. The molecule has 3 nitrogen and oxygen atoms in total. The van der Waals surface area contributed by atoms with Crippen molar-refractivity contribution in [2.45, 2.75) is 32.9 Å². The van der Waals surface area contributed by atoms with E-state index in [2.05, 4.69) is 31.0 Å². The molecule has 0 aromatic heterocycles. The van der Waals surface area contributed by atoms with Crippen molar-refractivity contribution in [3.05, 3.63) is 0 Å². The molecule has 0 aromatic rings. The van der Waals surface area contributed by atoms with E-state index in [0.29, 0.717) is 12.5 Å². The lowest BCUT2D eigenvalue weighted by atomic mass is 10.2. The average molecular weight is 198 g/mol. The number of rotatable bonds is 6. The summed E-state index contributed by atoms with van der Waals surface area (Å²) in [6.45, 7) is 5.54. The van der Waals surface area contributed by atoms with Crippen LogP contribution in [0.1, 0.15) is 26.7 Å². The molecule has 0 aliphatic heterocycles. The van der Waals surface area contributed by atoms with E-state index in [4.69, 9.17) is 10.5 Å². The molecule has 0 aliphatic carbocycles.